The monoisotopic (exact) mass is 283 g/mol. The number of nitrogens with one attached hydrogen (secondary N) is 1. The third-order valence-electron chi connectivity index (χ3n) is 2.92. The summed E-state index contributed by atoms with van der Waals surface area (Å²) < 4.78 is 0. The Morgan fingerprint density at radius 3 is 3.06 bits per heavy atom. The number of carbonyl (C=O) groups is 2. The molecule has 1 saturated carbocycles. The van der Waals surface area contributed by atoms with E-state index in [1.807, 2.05) is 5.38 Å². The van der Waals surface area contributed by atoms with Gasteiger partial charge in [-0.25, -0.2) is 4.98 Å². The maximum atomic E-state index is 11.8. The zero-order valence-electron chi connectivity index (χ0n) is 9.72. The van der Waals surface area contributed by atoms with Gasteiger partial charge in [0, 0.05) is 11.3 Å². The first kappa shape index (κ1) is 12.0. The molecule has 0 bridgehead atoms. The molecule has 3 rings (SSSR count). The van der Waals surface area contributed by atoms with Crippen LogP contribution >= 0.6 is 23.1 Å². The number of hydrogen-bond donors (Lipinski definition) is 1. The predicted molar refractivity (Wildman–Crippen MR) is 71.8 cm³/mol. The maximum Gasteiger partial charge on any atom is 0.245 e. The number of rotatable bonds is 4. The molecule has 2 heterocycles. The van der Waals surface area contributed by atoms with Crippen LogP contribution in [0.3, 0.4) is 0 Å². The molecular formula is C11H13N3O2S2. The molecule has 0 spiro atoms. The molecule has 2 fully saturated rings. The van der Waals surface area contributed by atoms with Crippen molar-refractivity contribution in [3.63, 3.8) is 0 Å². The second-order valence-corrected chi connectivity index (χ2v) is 6.28. The standard InChI is InChI=1S/C11H13N3O2S2/c15-9(3-14-6-17-5-10(14)16)13-11-12-8(4-18-11)7-1-2-7/h4,7H,1-3,5-6H2,(H,12,13,15). The minimum Gasteiger partial charge on any atom is -0.323 e. The van der Waals surface area contributed by atoms with Crippen molar-refractivity contribution in [2.45, 2.75) is 18.8 Å². The molecule has 1 aromatic heterocycles. The van der Waals surface area contributed by atoms with Gasteiger partial charge < -0.3 is 10.2 Å². The molecule has 2 aliphatic rings. The molecule has 1 aliphatic carbocycles. The molecule has 1 N–H and O–H groups in total. The number of nitrogens with zero attached hydrogens (tertiary/aromatic N) is 2. The summed E-state index contributed by atoms with van der Waals surface area (Å²) in [4.78, 5) is 29.1. The van der Waals surface area contributed by atoms with Gasteiger partial charge in [0.25, 0.3) is 0 Å². The van der Waals surface area contributed by atoms with Gasteiger partial charge in [0.05, 0.1) is 17.3 Å². The number of carbonyl (C=O) groups excluding carboxylic acids is 2. The van der Waals surface area contributed by atoms with E-state index in [2.05, 4.69) is 10.3 Å². The van der Waals surface area contributed by atoms with Gasteiger partial charge in [0.1, 0.15) is 6.54 Å². The van der Waals surface area contributed by atoms with Crippen LogP contribution in [-0.4, -0.2) is 39.9 Å². The Kier molecular flexibility index (Phi) is 3.25. The van der Waals surface area contributed by atoms with Crippen molar-refractivity contribution in [3.05, 3.63) is 11.1 Å². The lowest BCUT2D eigenvalue weighted by Crippen LogP contribution is -2.34. The van der Waals surface area contributed by atoms with E-state index in [0.717, 1.165) is 5.69 Å². The molecular weight excluding hydrogens is 270 g/mol. The third kappa shape index (κ3) is 2.67. The molecule has 5 nitrogen and oxygen atoms in total. The van der Waals surface area contributed by atoms with Crippen molar-refractivity contribution in [2.75, 3.05) is 23.5 Å². The highest BCUT2D eigenvalue weighted by atomic mass is 32.2. The zero-order chi connectivity index (χ0) is 12.5. The summed E-state index contributed by atoms with van der Waals surface area (Å²) in [6, 6.07) is 0. The Balaban J connectivity index is 1.54. The predicted octanol–water partition coefficient (Wildman–Crippen LogP) is 1.49. The van der Waals surface area contributed by atoms with Crippen LogP contribution in [0.25, 0.3) is 0 Å². The topological polar surface area (TPSA) is 62.3 Å². The van der Waals surface area contributed by atoms with Gasteiger partial charge in [-0.3, -0.25) is 9.59 Å². The molecule has 1 aliphatic heterocycles. The van der Waals surface area contributed by atoms with Gasteiger partial charge in [-0.2, -0.15) is 0 Å². The molecule has 96 valence electrons. The summed E-state index contributed by atoms with van der Waals surface area (Å²) in [5.74, 6) is 1.56. The Bertz CT molecular complexity index is 484. The van der Waals surface area contributed by atoms with Crippen molar-refractivity contribution in [2.24, 2.45) is 0 Å². The lowest BCUT2D eigenvalue weighted by Gasteiger charge is -2.12. The van der Waals surface area contributed by atoms with Crippen LogP contribution in [0.1, 0.15) is 24.5 Å². The summed E-state index contributed by atoms with van der Waals surface area (Å²) in [5, 5.41) is 5.40. The van der Waals surface area contributed by atoms with Gasteiger partial charge in [0.2, 0.25) is 11.8 Å². The summed E-state index contributed by atoms with van der Waals surface area (Å²) >= 11 is 2.99. The van der Waals surface area contributed by atoms with Crippen LogP contribution in [0, 0.1) is 0 Å². The zero-order valence-corrected chi connectivity index (χ0v) is 11.4. The fraction of sp³-hybridized carbons (Fsp3) is 0.545. The van der Waals surface area contributed by atoms with E-state index >= 15 is 0 Å². The van der Waals surface area contributed by atoms with Crippen molar-refractivity contribution in [1.29, 1.82) is 0 Å². The molecule has 0 unspecified atom stereocenters. The van der Waals surface area contributed by atoms with Gasteiger partial charge in [-0.15, -0.1) is 23.1 Å². The van der Waals surface area contributed by atoms with E-state index in [1.165, 1.54) is 35.9 Å². The number of amides is 2. The molecule has 7 heteroatoms. The van der Waals surface area contributed by atoms with E-state index < -0.39 is 0 Å². The maximum absolute atomic E-state index is 11.8. The molecule has 1 aromatic rings. The molecule has 2 amide bonds. The highest BCUT2D eigenvalue weighted by Crippen LogP contribution is 2.40. The quantitative estimate of drug-likeness (QED) is 0.909. The van der Waals surface area contributed by atoms with Crippen LogP contribution in [0.4, 0.5) is 5.13 Å². The van der Waals surface area contributed by atoms with Crippen LogP contribution in [-0.2, 0) is 9.59 Å². The third-order valence-corrected chi connectivity index (χ3v) is 4.65. The van der Waals surface area contributed by atoms with E-state index in [4.69, 9.17) is 0 Å². The number of hydrogen-bond acceptors (Lipinski definition) is 5. The highest BCUT2D eigenvalue weighted by Gasteiger charge is 2.27. The Morgan fingerprint density at radius 1 is 1.56 bits per heavy atom. The van der Waals surface area contributed by atoms with E-state index in [9.17, 15) is 9.59 Å². The average molecular weight is 283 g/mol. The van der Waals surface area contributed by atoms with Crippen LogP contribution in [0.15, 0.2) is 5.38 Å². The normalized spacial score (nSPS) is 19.3. The van der Waals surface area contributed by atoms with Crippen molar-refractivity contribution in [1.82, 2.24) is 9.88 Å². The Labute approximate surface area is 113 Å². The molecule has 18 heavy (non-hydrogen) atoms. The second-order valence-electron chi connectivity index (χ2n) is 4.47. The minimum atomic E-state index is -0.164. The average Bonchev–Trinajstić information content (AvgIpc) is 2.97. The van der Waals surface area contributed by atoms with Gasteiger partial charge >= 0.3 is 0 Å². The fourth-order valence-corrected chi connectivity index (χ4v) is 3.50. The van der Waals surface area contributed by atoms with E-state index in [-0.39, 0.29) is 18.4 Å². The smallest absolute Gasteiger partial charge is 0.245 e. The number of thiazole rings is 1. The summed E-state index contributed by atoms with van der Waals surface area (Å²) in [5.41, 5.74) is 1.09. The second kappa shape index (κ2) is 4.89. The lowest BCUT2D eigenvalue weighted by atomic mass is 10.3. The first-order valence-electron chi connectivity index (χ1n) is 5.83. The first-order chi connectivity index (χ1) is 8.72. The number of aromatic nitrogens is 1. The molecule has 0 atom stereocenters. The fourth-order valence-electron chi connectivity index (χ4n) is 1.78. The largest absolute Gasteiger partial charge is 0.323 e. The molecule has 0 aromatic carbocycles. The van der Waals surface area contributed by atoms with Crippen molar-refractivity contribution < 1.29 is 9.59 Å². The van der Waals surface area contributed by atoms with Crippen molar-refractivity contribution >= 4 is 40.0 Å². The van der Waals surface area contributed by atoms with E-state index in [0.29, 0.717) is 22.7 Å². The SMILES string of the molecule is O=C(CN1CSCC1=O)Nc1nc(C2CC2)cs1. The van der Waals surface area contributed by atoms with Crippen molar-refractivity contribution in [3.8, 4) is 0 Å². The summed E-state index contributed by atoms with van der Waals surface area (Å²) in [6.07, 6.45) is 2.41. The van der Waals surface area contributed by atoms with E-state index in [1.54, 1.807) is 4.90 Å². The Morgan fingerprint density at radius 2 is 2.39 bits per heavy atom. The van der Waals surface area contributed by atoms with Crippen LogP contribution in [0.2, 0.25) is 0 Å². The Hall–Kier alpha value is -1.08. The van der Waals surface area contributed by atoms with Crippen LogP contribution in [0.5, 0.6) is 0 Å². The summed E-state index contributed by atoms with van der Waals surface area (Å²) in [7, 11) is 0. The lowest BCUT2D eigenvalue weighted by molar-refractivity contribution is -0.130. The number of anilines is 1. The first-order valence-corrected chi connectivity index (χ1v) is 7.86. The highest BCUT2D eigenvalue weighted by molar-refractivity contribution is 8.00. The minimum absolute atomic E-state index is 0.0351. The molecule has 1 saturated heterocycles. The number of thioether (sulfide) groups is 1. The van der Waals surface area contributed by atoms with Gasteiger partial charge in [-0.05, 0) is 12.8 Å². The van der Waals surface area contributed by atoms with Gasteiger partial charge in [-0.1, -0.05) is 0 Å². The summed E-state index contributed by atoms with van der Waals surface area (Å²) in [6.45, 7) is 0.129. The molecule has 0 radical (unpaired) electrons. The van der Waals surface area contributed by atoms with Crippen LogP contribution < -0.4 is 5.32 Å². The van der Waals surface area contributed by atoms with Gasteiger partial charge in [0.15, 0.2) is 5.13 Å².